The SMILES string of the molecule is CCN(CC)CCN(C)c1cccc(NC2CCOCC2)c1. The molecule has 0 aromatic heterocycles. The van der Waals surface area contributed by atoms with Gasteiger partial charge in [-0.2, -0.15) is 0 Å². The third kappa shape index (κ3) is 5.18. The van der Waals surface area contributed by atoms with E-state index >= 15 is 0 Å². The minimum atomic E-state index is 0.546. The lowest BCUT2D eigenvalue weighted by Crippen LogP contribution is -2.33. The average Bonchev–Trinajstić information content (AvgIpc) is 2.57. The van der Waals surface area contributed by atoms with E-state index in [1.807, 2.05) is 0 Å². The van der Waals surface area contributed by atoms with Gasteiger partial charge in [0, 0.05) is 50.8 Å². The van der Waals surface area contributed by atoms with E-state index in [-0.39, 0.29) is 0 Å². The number of benzene rings is 1. The zero-order valence-corrected chi connectivity index (χ0v) is 14.3. The van der Waals surface area contributed by atoms with E-state index < -0.39 is 0 Å². The fourth-order valence-corrected chi connectivity index (χ4v) is 2.87. The zero-order valence-electron chi connectivity index (χ0n) is 14.3. The van der Waals surface area contributed by atoms with Gasteiger partial charge in [0.15, 0.2) is 0 Å². The van der Waals surface area contributed by atoms with Gasteiger partial charge in [-0.3, -0.25) is 0 Å². The van der Waals surface area contributed by atoms with E-state index in [9.17, 15) is 0 Å². The summed E-state index contributed by atoms with van der Waals surface area (Å²) >= 11 is 0. The van der Waals surface area contributed by atoms with Crippen LogP contribution in [0, 0.1) is 0 Å². The van der Waals surface area contributed by atoms with Gasteiger partial charge in [0.2, 0.25) is 0 Å². The van der Waals surface area contributed by atoms with Crippen LogP contribution in [0.2, 0.25) is 0 Å². The van der Waals surface area contributed by atoms with Gasteiger partial charge in [0.1, 0.15) is 0 Å². The number of hydrogen-bond donors (Lipinski definition) is 1. The molecular weight excluding hydrogens is 274 g/mol. The van der Waals surface area contributed by atoms with Crippen molar-refractivity contribution in [1.29, 1.82) is 0 Å². The summed E-state index contributed by atoms with van der Waals surface area (Å²) < 4.78 is 5.42. The zero-order chi connectivity index (χ0) is 15.8. The van der Waals surface area contributed by atoms with Crippen molar-refractivity contribution in [2.75, 3.05) is 56.7 Å². The Labute approximate surface area is 135 Å². The van der Waals surface area contributed by atoms with Crippen molar-refractivity contribution in [1.82, 2.24) is 4.90 Å². The maximum atomic E-state index is 5.42. The summed E-state index contributed by atoms with van der Waals surface area (Å²) in [5.74, 6) is 0. The highest BCUT2D eigenvalue weighted by Gasteiger charge is 2.13. The summed E-state index contributed by atoms with van der Waals surface area (Å²) in [7, 11) is 2.18. The fraction of sp³-hybridized carbons (Fsp3) is 0.667. The number of nitrogens with zero attached hydrogens (tertiary/aromatic N) is 2. The van der Waals surface area contributed by atoms with Crippen molar-refractivity contribution < 1.29 is 4.74 Å². The number of anilines is 2. The quantitative estimate of drug-likeness (QED) is 0.799. The predicted octanol–water partition coefficient (Wildman–Crippen LogP) is 3.06. The normalized spacial score (nSPS) is 16.0. The minimum absolute atomic E-state index is 0.546. The molecule has 0 saturated carbocycles. The molecule has 2 rings (SSSR count). The summed E-state index contributed by atoms with van der Waals surface area (Å²) in [6.45, 7) is 10.6. The van der Waals surface area contributed by atoms with Gasteiger partial charge in [0.05, 0.1) is 0 Å². The molecule has 4 nitrogen and oxygen atoms in total. The van der Waals surface area contributed by atoms with E-state index in [0.717, 1.165) is 52.2 Å². The lowest BCUT2D eigenvalue weighted by molar-refractivity contribution is 0.0904. The van der Waals surface area contributed by atoms with Gasteiger partial charge < -0.3 is 19.9 Å². The number of ether oxygens (including phenoxy) is 1. The molecule has 1 aromatic rings. The molecule has 1 aromatic carbocycles. The molecule has 1 heterocycles. The number of hydrogen-bond acceptors (Lipinski definition) is 4. The molecule has 0 amide bonds. The first-order valence-corrected chi connectivity index (χ1v) is 8.60. The van der Waals surface area contributed by atoms with Crippen LogP contribution in [0.3, 0.4) is 0 Å². The number of likely N-dealkylation sites (N-methyl/N-ethyl adjacent to an activating group) is 2. The average molecular weight is 305 g/mol. The first-order chi connectivity index (χ1) is 10.7. The highest BCUT2D eigenvalue weighted by Crippen LogP contribution is 2.21. The maximum absolute atomic E-state index is 5.42. The summed E-state index contributed by atoms with van der Waals surface area (Å²) in [5, 5.41) is 3.65. The summed E-state index contributed by atoms with van der Waals surface area (Å²) in [6, 6.07) is 9.31. The standard InChI is InChI=1S/C18H31N3O/c1-4-21(5-2)12-11-20(3)18-8-6-7-17(15-18)19-16-9-13-22-14-10-16/h6-8,15-16,19H,4-5,9-14H2,1-3H3. The number of nitrogens with one attached hydrogen (secondary N) is 1. The van der Waals surface area contributed by atoms with Crippen molar-refractivity contribution in [3.63, 3.8) is 0 Å². The smallest absolute Gasteiger partial charge is 0.0485 e. The topological polar surface area (TPSA) is 27.7 Å². The summed E-state index contributed by atoms with van der Waals surface area (Å²) in [4.78, 5) is 4.80. The number of rotatable bonds is 8. The second kappa shape index (κ2) is 9.01. The Morgan fingerprint density at radius 2 is 1.86 bits per heavy atom. The van der Waals surface area contributed by atoms with Crippen molar-refractivity contribution in [3.8, 4) is 0 Å². The molecule has 0 spiro atoms. The van der Waals surface area contributed by atoms with Gasteiger partial charge in [-0.15, -0.1) is 0 Å². The molecule has 0 bridgehead atoms. The highest BCUT2D eigenvalue weighted by molar-refractivity contribution is 5.58. The Morgan fingerprint density at radius 3 is 2.55 bits per heavy atom. The molecule has 1 aliphatic heterocycles. The van der Waals surface area contributed by atoms with E-state index in [2.05, 4.69) is 60.3 Å². The summed E-state index contributed by atoms with van der Waals surface area (Å²) in [5.41, 5.74) is 2.50. The largest absolute Gasteiger partial charge is 0.382 e. The molecule has 4 heteroatoms. The third-order valence-electron chi connectivity index (χ3n) is 4.53. The Morgan fingerprint density at radius 1 is 1.14 bits per heavy atom. The molecule has 0 atom stereocenters. The van der Waals surface area contributed by atoms with Crippen LogP contribution in [0.1, 0.15) is 26.7 Å². The molecule has 22 heavy (non-hydrogen) atoms. The van der Waals surface area contributed by atoms with Crippen molar-refractivity contribution in [2.45, 2.75) is 32.7 Å². The molecule has 1 fully saturated rings. The Kier molecular flexibility index (Phi) is 7.00. The molecule has 1 N–H and O–H groups in total. The minimum Gasteiger partial charge on any atom is -0.382 e. The van der Waals surface area contributed by atoms with Gasteiger partial charge in [-0.1, -0.05) is 19.9 Å². The molecule has 1 saturated heterocycles. The van der Waals surface area contributed by atoms with Crippen LogP contribution < -0.4 is 10.2 Å². The van der Waals surface area contributed by atoms with Crippen LogP contribution >= 0.6 is 0 Å². The van der Waals surface area contributed by atoms with Crippen LogP contribution in [0.15, 0.2) is 24.3 Å². The molecule has 124 valence electrons. The Hall–Kier alpha value is -1.26. The Bertz CT molecular complexity index is 428. The van der Waals surface area contributed by atoms with Crippen LogP contribution in [0.4, 0.5) is 11.4 Å². The molecule has 1 aliphatic rings. The van der Waals surface area contributed by atoms with Crippen molar-refractivity contribution >= 4 is 11.4 Å². The summed E-state index contributed by atoms with van der Waals surface area (Å²) in [6.07, 6.45) is 2.20. The van der Waals surface area contributed by atoms with Crippen LogP contribution in [-0.2, 0) is 4.74 Å². The van der Waals surface area contributed by atoms with Crippen LogP contribution in [-0.4, -0.2) is 57.4 Å². The fourth-order valence-electron chi connectivity index (χ4n) is 2.87. The van der Waals surface area contributed by atoms with E-state index in [1.165, 1.54) is 11.4 Å². The van der Waals surface area contributed by atoms with Crippen LogP contribution in [0.25, 0.3) is 0 Å². The van der Waals surface area contributed by atoms with Crippen molar-refractivity contribution in [3.05, 3.63) is 24.3 Å². The third-order valence-corrected chi connectivity index (χ3v) is 4.53. The van der Waals surface area contributed by atoms with E-state index in [4.69, 9.17) is 4.74 Å². The Balaban J connectivity index is 1.89. The van der Waals surface area contributed by atoms with Gasteiger partial charge in [0.25, 0.3) is 0 Å². The predicted molar refractivity (Wildman–Crippen MR) is 95.0 cm³/mol. The van der Waals surface area contributed by atoms with Crippen LogP contribution in [0.5, 0.6) is 0 Å². The molecular formula is C18H31N3O. The highest BCUT2D eigenvalue weighted by atomic mass is 16.5. The van der Waals surface area contributed by atoms with E-state index in [0.29, 0.717) is 6.04 Å². The van der Waals surface area contributed by atoms with Gasteiger partial charge in [-0.25, -0.2) is 0 Å². The first-order valence-electron chi connectivity index (χ1n) is 8.60. The second-order valence-corrected chi connectivity index (χ2v) is 6.03. The lowest BCUT2D eigenvalue weighted by Gasteiger charge is -2.27. The molecule has 0 aliphatic carbocycles. The van der Waals surface area contributed by atoms with Gasteiger partial charge in [-0.05, 0) is 44.1 Å². The maximum Gasteiger partial charge on any atom is 0.0485 e. The van der Waals surface area contributed by atoms with Crippen molar-refractivity contribution in [2.24, 2.45) is 0 Å². The van der Waals surface area contributed by atoms with Gasteiger partial charge >= 0.3 is 0 Å². The first kappa shape index (κ1) is 17.1. The monoisotopic (exact) mass is 305 g/mol. The molecule has 0 radical (unpaired) electrons. The van der Waals surface area contributed by atoms with E-state index in [1.54, 1.807) is 0 Å². The second-order valence-electron chi connectivity index (χ2n) is 6.03. The lowest BCUT2D eigenvalue weighted by atomic mass is 10.1. The molecule has 0 unspecified atom stereocenters.